The fourth-order valence-electron chi connectivity index (χ4n) is 2.77. The summed E-state index contributed by atoms with van der Waals surface area (Å²) in [6, 6.07) is 10.1. The van der Waals surface area contributed by atoms with E-state index in [9.17, 15) is 9.18 Å². The van der Waals surface area contributed by atoms with E-state index in [2.05, 4.69) is 11.8 Å². The maximum atomic E-state index is 13.6. The molecule has 0 spiro atoms. The van der Waals surface area contributed by atoms with E-state index in [1.54, 1.807) is 12.1 Å². The summed E-state index contributed by atoms with van der Waals surface area (Å²) in [5.41, 5.74) is 3.23. The van der Waals surface area contributed by atoms with Gasteiger partial charge >= 0.3 is 0 Å². The predicted molar refractivity (Wildman–Crippen MR) is 104 cm³/mol. The molecule has 3 rings (SSSR count). The van der Waals surface area contributed by atoms with Gasteiger partial charge in [-0.2, -0.15) is 0 Å². The Hall–Kier alpha value is -2.57. The molecule has 2 nitrogen and oxygen atoms in total. The van der Waals surface area contributed by atoms with Crippen molar-refractivity contribution in [3.05, 3.63) is 70.1 Å². The largest absolute Gasteiger partial charge is 0.349 e. The van der Waals surface area contributed by atoms with Crippen molar-refractivity contribution in [2.24, 2.45) is 13.0 Å². The molecule has 4 heteroatoms. The minimum Gasteiger partial charge on any atom is -0.349 e. The molecule has 0 unspecified atom stereocenters. The third-order valence-electron chi connectivity index (χ3n) is 4.34. The summed E-state index contributed by atoms with van der Waals surface area (Å²) in [5, 5.41) is 1.29. The lowest BCUT2D eigenvalue weighted by Gasteiger charge is -2.05. The van der Waals surface area contributed by atoms with Gasteiger partial charge in [-0.3, -0.25) is 4.79 Å². The lowest BCUT2D eigenvalue weighted by atomic mass is 10.0. The maximum absolute atomic E-state index is 13.6. The molecule has 0 amide bonds. The first-order valence-corrected chi connectivity index (χ1v) is 8.80. The summed E-state index contributed by atoms with van der Waals surface area (Å²) in [6.07, 6.45) is 2.24. The smallest absolute Gasteiger partial charge is 0.139 e. The van der Waals surface area contributed by atoms with Gasteiger partial charge in [0.2, 0.25) is 0 Å². The number of hydrogen-bond acceptors (Lipinski definition) is 1. The molecule has 2 aromatic carbocycles. The van der Waals surface area contributed by atoms with Gasteiger partial charge in [0, 0.05) is 42.0 Å². The number of Topliss-reactive ketones (excluding diaryl/α,β-unsaturated/α-hetero) is 1. The number of halogens is 2. The van der Waals surface area contributed by atoms with E-state index in [-0.39, 0.29) is 17.5 Å². The van der Waals surface area contributed by atoms with Crippen LogP contribution in [0.3, 0.4) is 0 Å². The van der Waals surface area contributed by atoms with Gasteiger partial charge in [-0.1, -0.05) is 43.4 Å². The molecule has 0 saturated heterocycles. The zero-order valence-corrected chi connectivity index (χ0v) is 15.7. The second-order valence-electron chi connectivity index (χ2n) is 6.68. The summed E-state index contributed by atoms with van der Waals surface area (Å²) in [4.78, 5) is 11.9. The Balaban J connectivity index is 1.91. The molecule has 0 radical (unpaired) electrons. The Kier molecular flexibility index (Phi) is 5.15. The van der Waals surface area contributed by atoms with Crippen molar-refractivity contribution < 1.29 is 9.18 Å². The van der Waals surface area contributed by atoms with Crippen LogP contribution in [-0.4, -0.2) is 10.4 Å². The molecule has 1 aromatic heterocycles. The monoisotopic (exact) mass is 367 g/mol. The molecule has 0 aliphatic carbocycles. The highest BCUT2D eigenvalue weighted by atomic mass is 35.5. The van der Waals surface area contributed by atoms with E-state index < -0.39 is 0 Å². The van der Waals surface area contributed by atoms with Gasteiger partial charge in [0.15, 0.2) is 0 Å². The van der Waals surface area contributed by atoms with E-state index in [0.29, 0.717) is 17.0 Å². The molecular weight excluding hydrogens is 349 g/mol. The summed E-state index contributed by atoms with van der Waals surface area (Å²) in [6.45, 7) is 3.77. The number of benzene rings is 2. The van der Waals surface area contributed by atoms with E-state index in [0.717, 1.165) is 22.0 Å². The van der Waals surface area contributed by atoms with Crippen molar-refractivity contribution in [3.8, 4) is 11.8 Å². The molecular formula is C22H19ClFNO. The van der Waals surface area contributed by atoms with E-state index >= 15 is 0 Å². The highest BCUT2D eigenvalue weighted by Gasteiger charge is 2.10. The number of hydrogen-bond donors (Lipinski definition) is 0. The molecule has 0 aliphatic rings. The van der Waals surface area contributed by atoms with Gasteiger partial charge in [-0.15, -0.1) is 0 Å². The normalized spacial score (nSPS) is 10.8. The van der Waals surface area contributed by atoms with Crippen LogP contribution >= 0.6 is 11.6 Å². The number of rotatable bonds is 3. The highest BCUT2D eigenvalue weighted by molar-refractivity contribution is 6.31. The standard InChI is InChI=1S/C22H19ClFNO/c1-14(2)22(26)11-15-4-5-16(20(23)10-15)6-7-17-13-25(3)21-9-8-18(24)12-19(17)21/h4-5,8-10,12-14H,11H2,1-3H3. The van der Waals surface area contributed by atoms with Crippen molar-refractivity contribution in [3.63, 3.8) is 0 Å². The Labute approximate surface area is 157 Å². The summed E-state index contributed by atoms with van der Waals surface area (Å²) >= 11 is 6.33. The molecule has 0 N–H and O–H groups in total. The molecule has 0 aliphatic heterocycles. The van der Waals surface area contributed by atoms with E-state index in [4.69, 9.17) is 11.6 Å². The molecule has 3 aromatic rings. The maximum Gasteiger partial charge on any atom is 0.139 e. The zero-order chi connectivity index (χ0) is 18.8. The van der Waals surface area contributed by atoms with Crippen molar-refractivity contribution in [2.45, 2.75) is 20.3 Å². The number of nitrogens with zero attached hydrogens (tertiary/aromatic N) is 1. The summed E-state index contributed by atoms with van der Waals surface area (Å²) in [7, 11) is 1.90. The lowest BCUT2D eigenvalue weighted by Crippen LogP contribution is -2.10. The van der Waals surface area contributed by atoms with Crippen LogP contribution in [0.5, 0.6) is 0 Å². The first-order chi connectivity index (χ1) is 12.3. The fourth-order valence-corrected chi connectivity index (χ4v) is 3.02. The van der Waals surface area contributed by atoms with Crippen LogP contribution in [0.15, 0.2) is 42.6 Å². The van der Waals surface area contributed by atoms with Gasteiger partial charge < -0.3 is 4.57 Å². The molecule has 26 heavy (non-hydrogen) atoms. The van der Waals surface area contributed by atoms with Crippen LogP contribution in [0.4, 0.5) is 4.39 Å². The molecule has 0 fully saturated rings. The van der Waals surface area contributed by atoms with Gasteiger partial charge in [0.25, 0.3) is 0 Å². The van der Waals surface area contributed by atoms with Crippen molar-refractivity contribution >= 4 is 28.3 Å². The van der Waals surface area contributed by atoms with Crippen LogP contribution in [0.25, 0.3) is 10.9 Å². The molecule has 0 bridgehead atoms. The average molecular weight is 368 g/mol. The van der Waals surface area contributed by atoms with Gasteiger partial charge in [-0.05, 0) is 35.9 Å². The first-order valence-electron chi connectivity index (χ1n) is 8.43. The average Bonchev–Trinajstić information content (AvgIpc) is 2.89. The number of aryl methyl sites for hydroxylation is 1. The van der Waals surface area contributed by atoms with Crippen molar-refractivity contribution in [2.75, 3.05) is 0 Å². The van der Waals surface area contributed by atoms with Crippen LogP contribution in [0, 0.1) is 23.6 Å². The molecule has 132 valence electrons. The Morgan fingerprint density at radius 3 is 2.58 bits per heavy atom. The van der Waals surface area contributed by atoms with Crippen LogP contribution in [0.2, 0.25) is 5.02 Å². The van der Waals surface area contributed by atoms with Gasteiger partial charge in [-0.25, -0.2) is 4.39 Å². The molecule has 1 heterocycles. The van der Waals surface area contributed by atoms with Crippen molar-refractivity contribution in [1.29, 1.82) is 0 Å². The molecule has 0 saturated carbocycles. The second-order valence-corrected chi connectivity index (χ2v) is 7.08. The number of carbonyl (C=O) groups excluding carboxylic acids is 1. The minimum atomic E-state index is -0.288. The zero-order valence-electron chi connectivity index (χ0n) is 14.9. The first kappa shape index (κ1) is 18.2. The number of aromatic nitrogens is 1. The van der Waals surface area contributed by atoms with Gasteiger partial charge in [0.1, 0.15) is 11.6 Å². The topological polar surface area (TPSA) is 22.0 Å². The Bertz CT molecular complexity index is 1050. The Morgan fingerprint density at radius 2 is 1.88 bits per heavy atom. The number of ketones is 1. The SMILES string of the molecule is CC(C)C(=O)Cc1ccc(C#Cc2cn(C)c3ccc(F)cc23)c(Cl)c1. The predicted octanol–water partition coefficient (Wildman–Crippen LogP) is 5.14. The van der Waals surface area contributed by atoms with Crippen molar-refractivity contribution in [1.82, 2.24) is 4.57 Å². The Morgan fingerprint density at radius 1 is 1.15 bits per heavy atom. The third-order valence-corrected chi connectivity index (χ3v) is 4.65. The van der Waals surface area contributed by atoms with Crippen LogP contribution in [0.1, 0.15) is 30.5 Å². The lowest BCUT2D eigenvalue weighted by molar-refractivity contribution is -0.121. The van der Waals surface area contributed by atoms with E-state index in [1.165, 1.54) is 12.1 Å². The number of carbonyl (C=O) groups is 1. The highest BCUT2D eigenvalue weighted by Crippen LogP contribution is 2.22. The second kappa shape index (κ2) is 7.35. The minimum absolute atomic E-state index is 0.000000783. The quantitative estimate of drug-likeness (QED) is 0.587. The fraction of sp³-hybridized carbons (Fsp3) is 0.227. The van der Waals surface area contributed by atoms with Crippen LogP contribution in [-0.2, 0) is 18.3 Å². The van der Waals surface area contributed by atoms with Crippen LogP contribution < -0.4 is 0 Å². The summed E-state index contributed by atoms with van der Waals surface area (Å²) < 4.78 is 15.5. The van der Waals surface area contributed by atoms with Gasteiger partial charge in [0.05, 0.1) is 10.6 Å². The van der Waals surface area contributed by atoms with E-state index in [1.807, 2.05) is 43.8 Å². The number of fused-ring (bicyclic) bond motifs is 1. The summed E-state index contributed by atoms with van der Waals surface area (Å²) in [5.74, 6) is 6.03. The molecule has 0 atom stereocenters. The third kappa shape index (κ3) is 3.81.